The van der Waals surface area contributed by atoms with Gasteiger partial charge in [-0.25, -0.2) is 13.8 Å². The van der Waals surface area contributed by atoms with E-state index in [4.69, 9.17) is 5.73 Å². The summed E-state index contributed by atoms with van der Waals surface area (Å²) in [4.78, 5) is 6.76. The SMILES string of the molecule is CC(C)(F)c1ccc(CN=C(N)N2CCCCC2Cc2ccc(F)cc2)cc1. The van der Waals surface area contributed by atoms with Gasteiger partial charge in [0.2, 0.25) is 0 Å². The lowest BCUT2D eigenvalue weighted by atomic mass is 9.96. The van der Waals surface area contributed by atoms with E-state index >= 15 is 0 Å². The van der Waals surface area contributed by atoms with Crippen LogP contribution in [0.4, 0.5) is 8.78 Å². The first-order chi connectivity index (χ1) is 13.3. The van der Waals surface area contributed by atoms with Crippen molar-refractivity contribution in [3.63, 3.8) is 0 Å². The zero-order chi connectivity index (χ0) is 20.1. The fourth-order valence-electron chi connectivity index (χ4n) is 3.68. The fourth-order valence-corrected chi connectivity index (χ4v) is 3.68. The minimum atomic E-state index is -1.35. The highest BCUT2D eigenvalue weighted by Crippen LogP contribution is 2.25. The van der Waals surface area contributed by atoms with E-state index in [1.165, 1.54) is 12.1 Å². The Bertz CT molecular complexity index is 792. The first-order valence-electron chi connectivity index (χ1n) is 9.92. The lowest BCUT2D eigenvalue weighted by molar-refractivity contribution is 0.221. The van der Waals surface area contributed by atoms with E-state index in [-0.39, 0.29) is 11.9 Å². The molecular formula is C23H29F2N3. The Kier molecular flexibility index (Phi) is 6.32. The molecule has 28 heavy (non-hydrogen) atoms. The number of aliphatic imine (C=N–C) groups is 1. The number of benzene rings is 2. The molecule has 5 heteroatoms. The van der Waals surface area contributed by atoms with E-state index in [2.05, 4.69) is 9.89 Å². The van der Waals surface area contributed by atoms with Gasteiger partial charge in [0.25, 0.3) is 0 Å². The molecule has 1 unspecified atom stereocenters. The zero-order valence-electron chi connectivity index (χ0n) is 16.7. The second kappa shape index (κ2) is 8.72. The highest BCUT2D eigenvalue weighted by molar-refractivity contribution is 5.78. The van der Waals surface area contributed by atoms with Gasteiger partial charge < -0.3 is 10.6 Å². The third-order valence-electron chi connectivity index (χ3n) is 5.37. The maximum Gasteiger partial charge on any atom is 0.191 e. The number of nitrogens with two attached hydrogens (primary N) is 1. The lowest BCUT2D eigenvalue weighted by Gasteiger charge is -2.36. The van der Waals surface area contributed by atoms with Crippen molar-refractivity contribution in [3.05, 3.63) is 71.0 Å². The van der Waals surface area contributed by atoms with Gasteiger partial charge >= 0.3 is 0 Å². The van der Waals surface area contributed by atoms with E-state index in [1.54, 1.807) is 26.0 Å². The van der Waals surface area contributed by atoms with Gasteiger partial charge in [-0.1, -0.05) is 36.4 Å². The third-order valence-corrected chi connectivity index (χ3v) is 5.37. The second-order valence-electron chi connectivity index (χ2n) is 8.02. The Morgan fingerprint density at radius 2 is 1.71 bits per heavy atom. The van der Waals surface area contributed by atoms with Gasteiger partial charge in [-0.15, -0.1) is 0 Å². The van der Waals surface area contributed by atoms with Crippen LogP contribution in [0, 0.1) is 5.82 Å². The zero-order valence-corrected chi connectivity index (χ0v) is 16.7. The summed E-state index contributed by atoms with van der Waals surface area (Å²) in [6.45, 7) is 4.46. The summed E-state index contributed by atoms with van der Waals surface area (Å²) in [5.74, 6) is 0.328. The van der Waals surface area contributed by atoms with Crippen molar-refractivity contribution in [3.8, 4) is 0 Å². The fraction of sp³-hybridized carbons (Fsp3) is 0.435. The Morgan fingerprint density at radius 3 is 2.36 bits per heavy atom. The molecule has 1 atom stereocenters. The van der Waals surface area contributed by atoms with Crippen LogP contribution in [0.5, 0.6) is 0 Å². The number of alkyl halides is 1. The van der Waals surface area contributed by atoms with Crippen molar-refractivity contribution in [2.24, 2.45) is 10.7 Å². The van der Waals surface area contributed by atoms with Crippen molar-refractivity contribution >= 4 is 5.96 Å². The molecule has 150 valence electrons. The van der Waals surface area contributed by atoms with Crippen molar-refractivity contribution in [2.45, 2.75) is 57.8 Å². The van der Waals surface area contributed by atoms with E-state index in [1.807, 2.05) is 24.3 Å². The van der Waals surface area contributed by atoms with Crippen LogP contribution in [0.2, 0.25) is 0 Å². The maximum absolute atomic E-state index is 14.0. The average Bonchev–Trinajstić information content (AvgIpc) is 2.68. The van der Waals surface area contributed by atoms with Crippen LogP contribution in [-0.4, -0.2) is 23.4 Å². The van der Waals surface area contributed by atoms with Crippen molar-refractivity contribution in [1.82, 2.24) is 4.90 Å². The van der Waals surface area contributed by atoms with Crippen LogP contribution in [-0.2, 0) is 18.6 Å². The number of hydrogen-bond acceptors (Lipinski definition) is 1. The average molecular weight is 386 g/mol. The summed E-state index contributed by atoms with van der Waals surface area (Å²) < 4.78 is 27.1. The Balaban J connectivity index is 1.66. The Hall–Kier alpha value is -2.43. The molecule has 0 aliphatic carbocycles. The molecule has 0 saturated carbocycles. The van der Waals surface area contributed by atoms with Gasteiger partial charge in [-0.3, -0.25) is 0 Å². The third kappa shape index (κ3) is 5.31. The predicted molar refractivity (Wildman–Crippen MR) is 110 cm³/mol. The number of hydrogen-bond donors (Lipinski definition) is 1. The summed E-state index contributed by atoms with van der Waals surface area (Å²) in [7, 11) is 0. The molecule has 0 aromatic heterocycles. The lowest BCUT2D eigenvalue weighted by Crippen LogP contribution is -2.48. The van der Waals surface area contributed by atoms with Crippen LogP contribution >= 0.6 is 0 Å². The molecule has 1 aliphatic rings. The minimum absolute atomic E-state index is 0.215. The van der Waals surface area contributed by atoms with Crippen LogP contribution in [0.3, 0.4) is 0 Å². The van der Waals surface area contributed by atoms with Crippen molar-refractivity contribution < 1.29 is 8.78 Å². The molecule has 0 spiro atoms. The van der Waals surface area contributed by atoms with Gasteiger partial charge in [-0.2, -0.15) is 0 Å². The molecule has 3 rings (SSSR count). The second-order valence-corrected chi connectivity index (χ2v) is 8.02. The summed E-state index contributed by atoms with van der Waals surface area (Å²) in [5.41, 5.74) is 7.74. The maximum atomic E-state index is 14.0. The van der Waals surface area contributed by atoms with Crippen LogP contribution < -0.4 is 5.73 Å². The highest BCUT2D eigenvalue weighted by Gasteiger charge is 2.24. The molecule has 0 amide bonds. The smallest absolute Gasteiger partial charge is 0.191 e. The van der Waals surface area contributed by atoms with Crippen molar-refractivity contribution in [2.75, 3.05) is 6.54 Å². The molecular weight excluding hydrogens is 356 g/mol. The molecule has 0 bridgehead atoms. The van der Waals surface area contributed by atoms with E-state index in [9.17, 15) is 8.78 Å². The molecule has 1 saturated heterocycles. The number of likely N-dealkylation sites (tertiary alicyclic amines) is 1. The Labute approximate surface area is 166 Å². The summed E-state index contributed by atoms with van der Waals surface area (Å²) >= 11 is 0. The van der Waals surface area contributed by atoms with E-state index in [0.29, 0.717) is 18.1 Å². The van der Waals surface area contributed by atoms with Crippen LogP contribution in [0.1, 0.15) is 49.8 Å². The predicted octanol–water partition coefficient (Wildman–Crippen LogP) is 4.94. The molecule has 3 nitrogen and oxygen atoms in total. The van der Waals surface area contributed by atoms with Crippen LogP contribution in [0.15, 0.2) is 53.5 Å². The number of halogens is 2. The van der Waals surface area contributed by atoms with Gasteiger partial charge in [0.1, 0.15) is 11.5 Å². The summed E-state index contributed by atoms with van der Waals surface area (Å²) in [5, 5.41) is 0. The first-order valence-corrected chi connectivity index (χ1v) is 9.92. The summed E-state index contributed by atoms with van der Waals surface area (Å²) in [6.07, 6.45) is 4.14. The molecule has 1 aliphatic heterocycles. The first kappa shape index (κ1) is 20.3. The van der Waals surface area contributed by atoms with Crippen molar-refractivity contribution in [1.29, 1.82) is 0 Å². The van der Waals surface area contributed by atoms with Crippen LogP contribution in [0.25, 0.3) is 0 Å². The monoisotopic (exact) mass is 385 g/mol. The normalized spacial score (nSPS) is 18.4. The summed E-state index contributed by atoms with van der Waals surface area (Å²) in [6, 6.07) is 14.4. The Morgan fingerprint density at radius 1 is 1.07 bits per heavy atom. The van der Waals surface area contributed by atoms with E-state index < -0.39 is 5.67 Å². The highest BCUT2D eigenvalue weighted by atomic mass is 19.1. The van der Waals surface area contributed by atoms with Gasteiger partial charge in [0.05, 0.1) is 6.54 Å². The van der Waals surface area contributed by atoms with Gasteiger partial charge in [0.15, 0.2) is 5.96 Å². The molecule has 2 aromatic carbocycles. The number of nitrogens with zero attached hydrogens (tertiary/aromatic N) is 2. The number of guanidine groups is 1. The molecule has 2 aromatic rings. The molecule has 1 heterocycles. The topological polar surface area (TPSA) is 41.6 Å². The number of rotatable bonds is 5. The van der Waals surface area contributed by atoms with Gasteiger partial charge in [-0.05, 0) is 68.4 Å². The quantitative estimate of drug-likeness (QED) is 0.585. The molecule has 0 radical (unpaired) electrons. The molecule has 1 fully saturated rings. The largest absolute Gasteiger partial charge is 0.370 e. The van der Waals surface area contributed by atoms with Gasteiger partial charge in [0, 0.05) is 12.6 Å². The standard InChI is InChI=1S/C23H29F2N3/c1-23(2,25)19-10-6-18(7-11-19)16-27-22(26)28-14-4-3-5-21(28)15-17-8-12-20(24)13-9-17/h6-13,21H,3-5,14-16H2,1-2H3,(H2,26,27). The number of piperidine rings is 1. The molecule has 2 N–H and O–H groups in total. The minimum Gasteiger partial charge on any atom is -0.370 e. The van der Waals surface area contributed by atoms with E-state index in [0.717, 1.165) is 43.4 Å².